The molecule has 12 heteroatoms. The Morgan fingerprint density at radius 3 is 2.42 bits per heavy atom. The van der Waals surface area contributed by atoms with E-state index in [-0.39, 0.29) is 24.9 Å². The minimum absolute atomic E-state index is 0.0821. The summed E-state index contributed by atoms with van der Waals surface area (Å²) in [6.07, 6.45) is 0.821. The summed E-state index contributed by atoms with van der Waals surface area (Å²) in [7, 11) is -4.48. The first-order valence-electron chi connectivity index (χ1n) is 12.1. The summed E-state index contributed by atoms with van der Waals surface area (Å²) in [6.45, 7) is 0.902. The highest BCUT2D eigenvalue weighted by Crippen LogP contribution is 2.44. The van der Waals surface area contributed by atoms with Crippen LogP contribution in [0.25, 0.3) is 0 Å². The van der Waals surface area contributed by atoms with Gasteiger partial charge in [-0.15, -0.1) is 0 Å². The fourth-order valence-electron chi connectivity index (χ4n) is 5.48. The zero-order chi connectivity index (χ0) is 25.7. The molecule has 3 fully saturated rings. The number of hydrogen-bond acceptors (Lipinski definition) is 6. The number of rotatable bonds is 6. The fourth-order valence-corrected chi connectivity index (χ4v) is 7.39. The van der Waals surface area contributed by atoms with Crippen molar-refractivity contribution in [2.24, 2.45) is 0 Å². The molecule has 0 amide bonds. The number of halogens is 3. The van der Waals surface area contributed by atoms with Crippen molar-refractivity contribution >= 4 is 21.6 Å². The molecule has 3 aliphatic rings. The quantitative estimate of drug-likeness (QED) is 0.605. The molecule has 2 saturated heterocycles. The zero-order valence-electron chi connectivity index (χ0n) is 19.5. The van der Waals surface area contributed by atoms with Crippen LogP contribution < -0.4 is 4.90 Å². The van der Waals surface area contributed by atoms with Gasteiger partial charge in [-0.05, 0) is 56.6 Å². The molecule has 8 nitrogen and oxygen atoms in total. The number of aliphatic carboxylic acids is 1. The highest BCUT2D eigenvalue weighted by Gasteiger charge is 2.48. The van der Waals surface area contributed by atoms with Gasteiger partial charge in [0.25, 0.3) is 0 Å². The maximum atomic E-state index is 13.6. The van der Waals surface area contributed by atoms with Crippen LogP contribution in [0.3, 0.4) is 0 Å². The third kappa shape index (κ3) is 4.38. The Morgan fingerprint density at radius 1 is 1.11 bits per heavy atom. The van der Waals surface area contributed by atoms with Gasteiger partial charge in [0.15, 0.2) is 9.84 Å². The van der Waals surface area contributed by atoms with E-state index in [0.717, 1.165) is 55.9 Å². The van der Waals surface area contributed by atoms with E-state index in [1.54, 1.807) is 11.1 Å². The summed E-state index contributed by atoms with van der Waals surface area (Å²) in [5, 5.41) is 13.3. The van der Waals surface area contributed by atoms with Gasteiger partial charge in [-0.25, -0.2) is 17.9 Å². The Kier molecular flexibility index (Phi) is 6.52. The first kappa shape index (κ1) is 25.1. The predicted octanol–water partition coefficient (Wildman–Crippen LogP) is 4.03. The van der Waals surface area contributed by atoms with Crippen molar-refractivity contribution in [3.8, 4) is 0 Å². The minimum atomic E-state index is -4.85. The lowest BCUT2D eigenvalue weighted by Gasteiger charge is -2.34. The maximum Gasteiger partial charge on any atom is 0.417 e. The van der Waals surface area contributed by atoms with Crippen molar-refractivity contribution < 1.29 is 36.2 Å². The van der Waals surface area contributed by atoms with E-state index in [1.807, 2.05) is 4.68 Å². The van der Waals surface area contributed by atoms with Gasteiger partial charge in [0.2, 0.25) is 0 Å². The van der Waals surface area contributed by atoms with Gasteiger partial charge in [-0.1, -0.05) is 12.1 Å². The summed E-state index contributed by atoms with van der Waals surface area (Å²) in [5.74, 6) is -0.546. The molecule has 2 atom stereocenters. The largest absolute Gasteiger partial charge is 0.480 e. The van der Waals surface area contributed by atoms with Crippen LogP contribution in [0.2, 0.25) is 0 Å². The van der Waals surface area contributed by atoms with Crippen LogP contribution in [0.5, 0.6) is 0 Å². The number of carbonyl (C=O) groups is 1. The number of nitrogens with zero attached hydrogens (tertiary/aromatic N) is 3. The topological polar surface area (TPSA) is 102 Å². The molecule has 1 N–H and O–H groups in total. The summed E-state index contributed by atoms with van der Waals surface area (Å²) < 4.78 is 75.2. The molecule has 0 spiro atoms. The zero-order valence-corrected chi connectivity index (χ0v) is 20.3. The Labute approximate surface area is 207 Å². The van der Waals surface area contributed by atoms with E-state index in [4.69, 9.17) is 4.74 Å². The van der Waals surface area contributed by atoms with Gasteiger partial charge >= 0.3 is 12.1 Å². The van der Waals surface area contributed by atoms with Crippen LogP contribution in [0, 0.1) is 0 Å². The number of carboxylic acid groups (broad SMARTS) is 1. The van der Waals surface area contributed by atoms with E-state index < -0.39 is 43.7 Å². The Hall–Kier alpha value is -2.60. The van der Waals surface area contributed by atoms with Crippen molar-refractivity contribution in [2.45, 2.75) is 72.8 Å². The molecule has 1 aromatic carbocycles. The Balaban J connectivity index is 1.55. The molecule has 3 heterocycles. The second kappa shape index (κ2) is 9.37. The molecular weight excluding hydrogens is 499 g/mol. The number of anilines is 1. The Bertz CT molecular complexity index is 1240. The molecule has 2 aromatic rings. The van der Waals surface area contributed by atoms with E-state index in [2.05, 4.69) is 5.10 Å². The summed E-state index contributed by atoms with van der Waals surface area (Å²) in [4.78, 5) is 13.1. The molecule has 1 aliphatic carbocycles. The summed E-state index contributed by atoms with van der Waals surface area (Å²) >= 11 is 0. The van der Waals surface area contributed by atoms with E-state index in [0.29, 0.717) is 19.0 Å². The van der Waals surface area contributed by atoms with Crippen LogP contribution >= 0.6 is 0 Å². The van der Waals surface area contributed by atoms with Gasteiger partial charge in [0.05, 0.1) is 27.9 Å². The van der Waals surface area contributed by atoms with Gasteiger partial charge < -0.3 is 14.7 Å². The number of ether oxygens (including phenoxy) is 1. The maximum absolute atomic E-state index is 13.6. The average Bonchev–Trinajstić information content (AvgIpc) is 3.43. The van der Waals surface area contributed by atoms with Crippen molar-refractivity contribution in [1.29, 1.82) is 0 Å². The standard InChI is InChI=1S/C24H28F3N3O5S/c25-24(26,27)19-6-1-2-7-21(19)36(33,34)17-12-20(23(31)32)29(14-17)22-18(15-8-10-35-11-9-15)13-28-30(22)16-4-3-5-16/h1-2,6-7,13,15-17,20H,3-5,8-12,14H2,(H,31,32)/t17-,20+/m1/s1. The van der Waals surface area contributed by atoms with Crippen molar-refractivity contribution in [1.82, 2.24) is 9.78 Å². The first-order chi connectivity index (χ1) is 17.1. The molecule has 1 aromatic heterocycles. The molecule has 1 saturated carbocycles. The molecule has 0 radical (unpaired) electrons. The summed E-state index contributed by atoms with van der Waals surface area (Å²) in [5.41, 5.74) is -0.386. The molecule has 0 unspecified atom stereocenters. The number of aromatic nitrogens is 2. The Morgan fingerprint density at radius 2 is 1.81 bits per heavy atom. The van der Waals surface area contributed by atoms with E-state index in [1.165, 1.54) is 6.07 Å². The minimum Gasteiger partial charge on any atom is -0.480 e. The lowest BCUT2D eigenvalue weighted by molar-refractivity contribution is -0.140. The average molecular weight is 528 g/mol. The molecule has 36 heavy (non-hydrogen) atoms. The van der Waals surface area contributed by atoms with Gasteiger partial charge in [0.1, 0.15) is 11.9 Å². The number of alkyl halides is 3. The van der Waals surface area contributed by atoms with Crippen LogP contribution in [0.15, 0.2) is 35.4 Å². The number of sulfone groups is 1. The number of benzene rings is 1. The van der Waals surface area contributed by atoms with Crippen LogP contribution in [0.1, 0.15) is 61.6 Å². The van der Waals surface area contributed by atoms with E-state index in [9.17, 15) is 31.5 Å². The second-order valence-corrected chi connectivity index (χ2v) is 11.9. The fraction of sp³-hybridized carbons (Fsp3) is 0.583. The smallest absolute Gasteiger partial charge is 0.417 e. The molecule has 5 rings (SSSR count). The predicted molar refractivity (Wildman–Crippen MR) is 124 cm³/mol. The van der Waals surface area contributed by atoms with Crippen molar-refractivity contribution in [2.75, 3.05) is 24.7 Å². The van der Waals surface area contributed by atoms with Crippen LogP contribution in [-0.2, 0) is 25.5 Å². The second-order valence-electron chi connectivity index (χ2n) is 9.74. The SMILES string of the molecule is O=C(O)[C@@H]1C[C@@H](S(=O)(=O)c2ccccc2C(F)(F)F)CN1c1c(C2CCOCC2)cnn1C1CCC1. The van der Waals surface area contributed by atoms with Gasteiger partial charge in [-0.3, -0.25) is 0 Å². The normalized spacial score (nSPS) is 24.1. The third-order valence-corrected chi connectivity index (χ3v) is 9.82. The monoisotopic (exact) mass is 527 g/mol. The van der Waals surface area contributed by atoms with Crippen molar-refractivity contribution in [3.05, 3.63) is 41.6 Å². The lowest BCUT2D eigenvalue weighted by atomic mass is 9.91. The first-order valence-corrected chi connectivity index (χ1v) is 13.7. The van der Waals surface area contributed by atoms with Gasteiger partial charge in [-0.2, -0.15) is 18.3 Å². The number of hydrogen-bond donors (Lipinski definition) is 1. The van der Waals surface area contributed by atoms with Crippen molar-refractivity contribution in [3.63, 3.8) is 0 Å². The van der Waals surface area contributed by atoms with Crippen LogP contribution in [0.4, 0.5) is 19.0 Å². The summed E-state index contributed by atoms with van der Waals surface area (Å²) in [6, 6.07) is 2.96. The molecular formula is C24H28F3N3O5S. The highest BCUT2D eigenvalue weighted by atomic mass is 32.2. The van der Waals surface area contributed by atoms with Gasteiger partial charge in [0, 0.05) is 25.3 Å². The van der Waals surface area contributed by atoms with Crippen LogP contribution in [-0.4, -0.2) is 60.3 Å². The van der Waals surface area contributed by atoms with E-state index >= 15 is 0 Å². The number of carboxylic acids is 1. The highest BCUT2D eigenvalue weighted by molar-refractivity contribution is 7.92. The molecule has 196 valence electrons. The third-order valence-electron chi connectivity index (χ3n) is 7.64. The molecule has 2 aliphatic heterocycles. The lowest BCUT2D eigenvalue weighted by Crippen LogP contribution is -2.39. The molecule has 0 bridgehead atoms.